The molecule has 2 aromatic rings. The zero-order valence-corrected chi connectivity index (χ0v) is 17.7. The van der Waals surface area contributed by atoms with Gasteiger partial charge in [0.2, 0.25) is 0 Å². The number of benzene rings is 2. The van der Waals surface area contributed by atoms with E-state index in [2.05, 4.69) is 10.6 Å². The summed E-state index contributed by atoms with van der Waals surface area (Å²) in [6, 6.07) is 15.8. The van der Waals surface area contributed by atoms with Crippen LogP contribution in [0.15, 0.2) is 70.8 Å². The largest absolute Gasteiger partial charge is 0.463 e. The van der Waals surface area contributed by atoms with E-state index in [9.17, 15) is 14.4 Å². The van der Waals surface area contributed by atoms with Crippen molar-refractivity contribution in [3.63, 3.8) is 0 Å². The number of carbonyl (C=O) groups excluding carboxylic acids is 3. The molecule has 160 valence electrons. The molecular weight excluding hydrogens is 416 g/mol. The monoisotopic (exact) mass is 438 g/mol. The molecule has 8 heteroatoms. The first kappa shape index (κ1) is 21.0. The number of thioether (sulfide) groups is 1. The van der Waals surface area contributed by atoms with Gasteiger partial charge in [0.1, 0.15) is 11.9 Å². The number of esters is 2. The van der Waals surface area contributed by atoms with E-state index >= 15 is 0 Å². The van der Waals surface area contributed by atoms with Gasteiger partial charge in [-0.1, -0.05) is 48.5 Å². The van der Waals surface area contributed by atoms with Gasteiger partial charge in [-0.05, 0) is 30.5 Å². The van der Waals surface area contributed by atoms with Crippen molar-refractivity contribution in [3.8, 4) is 0 Å². The Morgan fingerprint density at radius 3 is 2.55 bits per heavy atom. The van der Waals surface area contributed by atoms with Crippen molar-refractivity contribution in [1.29, 1.82) is 0 Å². The summed E-state index contributed by atoms with van der Waals surface area (Å²) in [5.74, 6) is -0.960. The Morgan fingerprint density at radius 1 is 1.06 bits per heavy atom. The second-order valence-corrected chi connectivity index (χ2v) is 8.33. The van der Waals surface area contributed by atoms with Crippen LogP contribution in [-0.4, -0.2) is 36.4 Å². The van der Waals surface area contributed by atoms with Crippen molar-refractivity contribution < 1.29 is 23.9 Å². The number of hydrogen-bond donors (Lipinski definition) is 2. The standard InChI is InChI=1S/C23H22N2O5S/c1-2-29-22(27)19-16(24-23(28)25-20(19)14-8-4-3-5-9-14)13-30-21(26)18-12-15-10-6-7-11-17(15)31-18/h3-11,18,20H,2,12-13H2,1H3,(H2,24,25,28). The van der Waals surface area contributed by atoms with Crippen LogP contribution >= 0.6 is 11.8 Å². The van der Waals surface area contributed by atoms with Gasteiger partial charge < -0.3 is 20.1 Å². The van der Waals surface area contributed by atoms with Gasteiger partial charge in [0, 0.05) is 4.90 Å². The molecule has 7 nitrogen and oxygen atoms in total. The number of urea groups is 1. The maximum Gasteiger partial charge on any atom is 0.338 e. The molecule has 0 spiro atoms. The lowest BCUT2D eigenvalue weighted by Gasteiger charge is -2.29. The minimum atomic E-state index is -0.701. The van der Waals surface area contributed by atoms with Crippen molar-refractivity contribution in [2.24, 2.45) is 0 Å². The molecule has 0 fully saturated rings. The van der Waals surface area contributed by atoms with Gasteiger partial charge in [0.05, 0.1) is 23.9 Å². The minimum absolute atomic E-state index is 0.182. The molecular formula is C23H22N2O5S. The molecule has 2 aliphatic rings. The van der Waals surface area contributed by atoms with Crippen LogP contribution in [0.25, 0.3) is 0 Å². The average molecular weight is 439 g/mol. The molecule has 0 saturated heterocycles. The number of carbonyl (C=O) groups is 3. The third-order valence-corrected chi connectivity index (χ3v) is 6.35. The summed E-state index contributed by atoms with van der Waals surface area (Å²) >= 11 is 1.46. The van der Waals surface area contributed by atoms with Gasteiger partial charge in [-0.2, -0.15) is 0 Å². The molecule has 2 unspecified atom stereocenters. The van der Waals surface area contributed by atoms with Crippen LogP contribution < -0.4 is 10.6 Å². The summed E-state index contributed by atoms with van der Waals surface area (Å²) in [4.78, 5) is 38.8. The summed E-state index contributed by atoms with van der Waals surface area (Å²) in [6.07, 6.45) is 0.587. The molecule has 2 N–H and O–H groups in total. The zero-order valence-electron chi connectivity index (χ0n) is 16.9. The Kier molecular flexibility index (Phi) is 6.27. The Labute approximate surface area is 184 Å². The normalized spacial score (nSPS) is 19.8. The third kappa shape index (κ3) is 4.59. The Hall–Kier alpha value is -3.26. The number of fused-ring (bicyclic) bond motifs is 1. The van der Waals surface area contributed by atoms with E-state index < -0.39 is 18.0 Å². The third-order valence-electron chi connectivity index (χ3n) is 5.05. The van der Waals surface area contributed by atoms with Crippen LogP contribution in [-0.2, 0) is 25.5 Å². The molecule has 0 aromatic heterocycles. The van der Waals surface area contributed by atoms with Crippen LogP contribution in [0.1, 0.15) is 24.1 Å². The van der Waals surface area contributed by atoms with Gasteiger partial charge >= 0.3 is 18.0 Å². The fourth-order valence-corrected chi connectivity index (χ4v) is 4.82. The van der Waals surface area contributed by atoms with E-state index in [0.29, 0.717) is 6.42 Å². The molecule has 31 heavy (non-hydrogen) atoms. The molecule has 2 heterocycles. The molecule has 2 aromatic carbocycles. The number of rotatable bonds is 6. The summed E-state index contributed by atoms with van der Waals surface area (Å²) in [5.41, 5.74) is 2.29. The highest BCUT2D eigenvalue weighted by atomic mass is 32.2. The number of nitrogens with one attached hydrogen (secondary N) is 2. The predicted octanol–water partition coefficient (Wildman–Crippen LogP) is 3.12. The highest BCUT2D eigenvalue weighted by Crippen LogP contribution is 2.37. The molecule has 0 saturated carbocycles. The van der Waals surface area contributed by atoms with Gasteiger partial charge in [-0.25, -0.2) is 9.59 Å². The van der Waals surface area contributed by atoms with Crippen molar-refractivity contribution in [2.45, 2.75) is 29.5 Å². The second kappa shape index (κ2) is 9.26. The van der Waals surface area contributed by atoms with E-state index in [0.717, 1.165) is 16.0 Å². The zero-order chi connectivity index (χ0) is 21.8. The maximum atomic E-state index is 12.7. The SMILES string of the molecule is CCOC(=O)C1=C(COC(=O)C2Cc3ccccc3S2)NC(=O)NC1c1ccccc1. The minimum Gasteiger partial charge on any atom is -0.463 e. The first-order valence-electron chi connectivity index (χ1n) is 10.0. The highest BCUT2D eigenvalue weighted by Gasteiger charge is 2.35. The second-order valence-electron chi connectivity index (χ2n) is 7.08. The van der Waals surface area contributed by atoms with Crippen LogP contribution in [0.4, 0.5) is 4.79 Å². The lowest BCUT2D eigenvalue weighted by molar-refractivity contribution is -0.143. The summed E-state index contributed by atoms with van der Waals surface area (Å²) < 4.78 is 10.7. The van der Waals surface area contributed by atoms with Crippen molar-refractivity contribution in [1.82, 2.24) is 10.6 Å². The van der Waals surface area contributed by atoms with E-state index in [1.165, 1.54) is 11.8 Å². The smallest absolute Gasteiger partial charge is 0.338 e. The van der Waals surface area contributed by atoms with Crippen LogP contribution in [0, 0.1) is 0 Å². The number of hydrogen-bond acceptors (Lipinski definition) is 6. The summed E-state index contributed by atoms with van der Waals surface area (Å²) in [5, 5.41) is 5.01. The van der Waals surface area contributed by atoms with Crippen LogP contribution in [0.3, 0.4) is 0 Å². The first-order chi connectivity index (χ1) is 15.1. The molecule has 0 radical (unpaired) electrons. The van der Waals surface area contributed by atoms with E-state index in [1.807, 2.05) is 54.6 Å². The Bertz CT molecular complexity index is 1010. The molecule has 2 atom stereocenters. The van der Waals surface area contributed by atoms with Gasteiger partial charge in [0.25, 0.3) is 0 Å². The molecule has 4 rings (SSSR count). The Balaban J connectivity index is 1.55. The lowest BCUT2D eigenvalue weighted by Crippen LogP contribution is -2.47. The predicted molar refractivity (Wildman–Crippen MR) is 115 cm³/mol. The Morgan fingerprint density at radius 2 is 1.81 bits per heavy atom. The fraction of sp³-hybridized carbons (Fsp3) is 0.261. The summed E-state index contributed by atoms with van der Waals surface area (Å²) in [6.45, 7) is 1.67. The lowest BCUT2D eigenvalue weighted by atomic mass is 9.95. The molecule has 2 amide bonds. The van der Waals surface area contributed by atoms with Crippen LogP contribution in [0.5, 0.6) is 0 Å². The van der Waals surface area contributed by atoms with Gasteiger partial charge in [-0.15, -0.1) is 11.8 Å². The van der Waals surface area contributed by atoms with E-state index in [1.54, 1.807) is 6.92 Å². The molecule has 2 aliphatic heterocycles. The number of amides is 2. The van der Waals surface area contributed by atoms with Crippen molar-refractivity contribution in [2.75, 3.05) is 13.2 Å². The number of ether oxygens (including phenoxy) is 2. The maximum absolute atomic E-state index is 12.7. The van der Waals surface area contributed by atoms with Crippen LogP contribution in [0.2, 0.25) is 0 Å². The van der Waals surface area contributed by atoms with Gasteiger partial charge in [0.15, 0.2) is 0 Å². The molecule has 0 aliphatic carbocycles. The van der Waals surface area contributed by atoms with E-state index in [-0.39, 0.29) is 35.7 Å². The topological polar surface area (TPSA) is 93.7 Å². The first-order valence-corrected chi connectivity index (χ1v) is 10.9. The average Bonchev–Trinajstić information content (AvgIpc) is 3.22. The highest BCUT2D eigenvalue weighted by molar-refractivity contribution is 8.01. The van der Waals surface area contributed by atoms with E-state index in [4.69, 9.17) is 9.47 Å². The fourth-order valence-electron chi connectivity index (χ4n) is 3.63. The summed E-state index contributed by atoms with van der Waals surface area (Å²) in [7, 11) is 0. The quantitative estimate of drug-likeness (QED) is 0.673. The van der Waals surface area contributed by atoms with Gasteiger partial charge in [-0.3, -0.25) is 4.79 Å². The molecule has 0 bridgehead atoms. The van der Waals surface area contributed by atoms with Crippen molar-refractivity contribution in [3.05, 3.63) is 77.0 Å². The van der Waals surface area contributed by atoms with Crippen molar-refractivity contribution >= 4 is 29.7 Å².